The molecule has 1 saturated carbocycles. The molecule has 2 heterocycles. The second-order valence-corrected chi connectivity index (χ2v) is 8.97. The maximum Gasteiger partial charge on any atom is 0.0640 e. The number of piperidine rings is 1. The van der Waals surface area contributed by atoms with Crippen LogP contribution in [0.25, 0.3) is 0 Å². The Morgan fingerprint density at radius 3 is 2.17 bits per heavy atom. The lowest BCUT2D eigenvalue weighted by Gasteiger charge is -2.52. The lowest BCUT2D eigenvalue weighted by molar-refractivity contribution is 0.0547. The van der Waals surface area contributed by atoms with Crippen molar-refractivity contribution in [1.29, 1.82) is 0 Å². The molecular formula is C25H32N3O-. The van der Waals surface area contributed by atoms with Crippen LogP contribution in [0.2, 0.25) is 0 Å². The summed E-state index contributed by atoms with van der Waals surface area (Å²) in [5, 5.41) is 14.1. The number of nitrogens with zero attached hydrogens (tertiary/aromatic N) is 3. The van der Waals surface area contributed by atoms with Crippen LogP contribution in [-0.4, -0.2) is 41.6 Å². The normalized spacial score (nSPS) is 25.1. The van der Waals surface area contributed by atoms with Crippen molar-refractivity contribution < 1.29 is 0 Å². The zero-order chi connectivity index (χ0) is 19.6. The molecule has 2 aliphatic heterocycles. The molecule has 0 amide bonds. The summed E-state index contributed by atoms with van der Waals surface area (Å²) < 4.78 is 0. The van der Waals surface area contributed by atoms with Gasteiger partial charge in [-0.1, -0.05) is 67.8 Å². The van der Waals surface area contributed by atoms with Crippen LogP contribution in [0, 0.1) is 5.21 Å². The molecule has 3 aliphatic rings. The van der Waals surface area contributed by atoms with E-state index in [1.807, 2.05) is 12.1 Å². The first kappa shape index (κ1) is 19.1. The molecule has 4 nitrogen and oxygen atoms in total. The maximum atomic E-state index is 12.9. The number of hydrogen-bond donors (Lipinski definition) is 0. The molecule has 5 rings (SSSR count). The largest absolute Gasteiger partial charge is 0.757 e. The highest BCUT2D eigenvalue weighted by Crippen LogP contribution is 2.41. The van der Waals surface area contributed by atoms with Crippen molar-refractivity contribution in [3.63, 3.8) is 0 Å². The van der Waals surface area contributed by atoms with E-state index in [0.29, 0.717) is 12.7 Å². The van der Waals surface area contributed by atoms with E-state index < -0.39 is 0 Å². The molecule has 2 fully saturated rings. The summed E-state index contributed by atoms with van der Waals surface area (Å²) in [7, 11) is 0. The van der Waals surface area contributed by atoms with E-state index in [1.165, 1.54) is 55.8 Å². The molecule has 0 bridgehead atoms. The van der Waals surface area contributed by atoms with Gasteiger partial charge in [-0.15, -0.1) is 0 Å². The van der Waals surface area contributed by atoms with Crippen molar-refractivity contribution in [2.45, 2.75) is 63.1 Å². The second kappa shape index (κ2) is 8.47. The van der Waals surface area contributed by atoms with Crippen LogP contribution in [0.1, 0.15) is 62.1 Å². The molecule has 1 aliphatic carbocycles. The van der Waals surface area contributed by atoms with E-state index >= 15 is 0 Å². The van der Waals surface area contributed by atoms with E-state index in [-0.39, 0.29) is 6.04 Å². The zero-order valence-corrected chi connectivity index (χ0v) is 17.2. The first-order valence-corrected chi connectivity index (χ1v) is 11.4. The molecule has 0 N–H and O–H groups in total. The molecule has 1 unspecified atom stereocenters. The minimum Gasteiger partial charge on any atom is -0.757 e. The molecule has 154 valence electrons. The lowest BCUT2D eigenvalue weighted by Crippen LogP contribution is -2.53. The summed E-state index contributed by atoms with van der Waals surface area (Å²) in [5.41, 5.74) is 3.27. The summed E-state index contributed by atoms with van der Waals surface area (Å²) >= 11 is 0. The van der Waals surface area contributed by atoms with Gasteiger partial charge in [-0.05, 0) is 56.0 Å². The fraction of sp³-hybridized carbons (Fsp3) is 0.520. The average Bonchev–Trinajstić information content (AvgIpc) is 2.80. The van der Waals surface area contributed by atoms with Crippen LogP contribution in [0.15, 0.2) is 54.6 Å². The lowest BCUT2D eigenvalue weighted by atomic mass is 9.89. The van der Waals surface area contributed by atoms with Crippen molar-refractivity contribution >= 4 is 5.69 Å². The molecular weight excluding hydrogens is 358 g/mol. The Labute approximate surface area is 174 Å². The number of likely N-dealkylation sites (tertiary alicyclic amines) is 1. The van der Waals surface area contributed by atoms with E-state index in [2.05, 4.69) is 52.3 Å². The Morgan fingerprint density at radius 2 is 1.41 bits per heavy atom. The van der Waals surface area contributed by atoms with Crippen molar-refractivity contribution in [2.75, 3.05) is 24.8 Å². The fourth-order valence-electron chi connectivity index (χ4n) is 5.79. The van der Waals surface area contributed by atoms with Gasteiger partial charge in [-0.3, -0.25) is 4.90 Å². The monoisotopic (exact) mass is 390 g/mol. The first-order valence-electron chi connectivity index (χ1n) is 11.4. The Morgan fingerprint density at radius 1 is 0.724 bits per heavy atom. The van der Waals surface area contributed by atoms with Crippen molar-refractivity contribution in [3.05, 3.63) is 70.9 Å². The molecule has 1 atom stereocenters. The van der Waals surface area contributed by atoms with E-state index in [0.717, 1.165) is 30.1 Å². The summed E-state index contributed by atoms with van der Waals surface area (Å²) in [5.74, 6) is 0. The van der Waals surface area contributed by atoms with Crippen molar-refractivity contribution in [1.82, 2.24) is 9.80 Å². The Bertz CT molecular complexity index is 797. The van der Waals surface area contributed by atoms with Crippen molar-refractivity contribution in [3.8, 4) is 0 Å². The molecule has 0 radical (unpaired) electrons. The molecule has 1 saturated heterocycles. The van der Waals surface area contributed by atoms with E-state index in [4.69, 9.17) is 0 Å². The number of anilines is 1. The van der Waals surface area contributed by atoms with Crippen LogP contribution < -0.4 is 5.06 Å². The average molecular weight is 391 g/mol. The molecule has 2 aromatic carbocycles. The molecule has 29 heavy (non-hydrogen) atoms. The molecule has 4 heteroatoms. The molecule has 0 spiro atoms. The Kier molecular flexibility index (Phi) is 5.58. The van der Waals surface area contributed by atoms with Crippen LogP contribution >= 0.6 is 0 Å². The predicted molar refractivity (Wildman–Crippen MR) is 119 cm³/mol. The minimum atomic E-state index is 0.170. The zero-order valence-electron chi connectivity index (χ0n) is 17.2. The number of fused-ring (bicyclic) bond motifs is 1. The van der Waals surface area contributed by atoms with Gasteiger partial charge in [0.25, 0.3) is 0 Å². The molecule has 0 aromatic heterocycles. The van der Waals surface area contributed by atoms with Gasteiger partial charge in [0.05, 0.1) is 12.7 Å². The van der Waals surface area contributed by atoms with Gasteiger partial charge in [0, 0.05) is 17.8 Å². The van der Waals surface area contributed by atoms with Crippen LogP contribution in [0.4, 0.5) is 5.69 Å². The predicted octanol–water partition coefficient (Wildman–Crippen LogP) is 5.15. The molecule has 2 aromatic rings. The van der Waals surface area contributed by atoms with Crippen molar-refractivity contribution in [2.24, 2.45) is 0 Å². The number of hydrogen-bond acceptors (Lipinski definition) is 4. The summed E-state index contributed by atoms with van der Waals surface area (Å²) in [6, 6.07) is 20.3. The highest BCUT2D eigenvalue weighted by molar-refractivity contribution is 5.59. The summed E-state index contributed by atoms with van der Waals surface area (Å²) in [4.78, 5) is 5.21. The second-order valence-electron chi connectivity index (χ2n) is 8.97. The highest BCUT2D eigenvalue weighted by atomic mass is 16.5. The summed E-state index contributed by atoms with van der Waals surface area (Å²) in [6.45, 7) is 2.81. The third kappa shape index (κ3) is 3.81. The SMILES string of the molecule is [O-]N1CN(C2CCN(C3CCCCC3)CC2)C(c2ccccc2)c2ccccc21. The van der Waals surface area contributed by atoms with Gasteiger partial charge >= 0.3 is 0 Å². The number of benzene rings is 2. The van der Waals surface area contributed by atoms with Gasteiger partial charge in [0.1, 0.15) is 0 Å². The van der Waals surface area contributed by atoms with Crippen LogP contribution in [0.5, 0.6) is 0 Å². The first-order chi connectivity index (χ1) is 14.3. The van der Waals surface area contributed by atoms with Gasteiger partial charge < -0.3 is 15.2 Å². The number of para-hydroxylation sites is 1. The minimum absolute atomic E-state index is 0.170. The van der Waals surface area contributed by atoms with Crippen LogP contribution in [-0.2, 0) is 0 Å². The quantitative estimate of drug-likeness (QED) is 0.725. The van der Waals surface area contributed by atoms with Gasteiger partial charge in [-0.25, -0.2) is 0 Å². The highest BCUT2D eigenvalue weighted by Gasteiger charge is 2.36. The standard InChI is InChI=1S/C25H32N3O/c29-28-19-27(22-15-17-26(18-16-22)21-11-5-2-6-12-21)25(20-9-3-1-4-10-20)23-13-7-8-14-24(23)28/h1,3-4,7-10,13-14,21-22,25H,2,5-6,11-12,15-19H2/q-1. The maximum absolute atomic E-state index is 12.9. The third-order valence-electron chi connectivity index (χ3n) is 7.30. The van der Waals surface area contributed by atoms with Gasteiger partial charge in [-0.2, -0.15) is 0 Å². The van der Waals surface area contributed by atoms with Crippen LogP contribution in [0.3, 0.4) is 0 Å². The van der Waals surface area contributed by atoms with Gasteiger partial charge in [0.15, 0.2) is 0 Å². The Balaban J connectivity index is 1.38. The van der Waals surface area contributed by atoms with E-state index in [1.54, 1.807) is 0 Å². The Hall–Kier alpha value is -1.88. The smallest absolute Gasteiger partial charge is 0.0640 e. The number of rotatable bonds is 3. The third-order valence-corrected chi connectivity index (χ3v) is 7.30. The number of hydroxylamine groups is 1. The fourth-order valence-corrected chi connectivity index (χ4v) is 5.79. The van der Waals surface area contributed by atoms with E-state index in [9.17, 15) is 5.21 Å². The summed E-state index contributed by atoms with van der Waals surface area (Å²) in [6.07, 6.45) is 9.29. The topological polar surface area (TPSA) is 32.8 Å². The van der Waals surface area contributed by atoms with Gasteiger partial charge in [0.2, 0.25) is 0 Å².